The van der Waals surface area contributed by atoms with Crippen molar-refractivity contribution in [2.24, 2.45) is 5.92 Å². The van der Waals surface area contributed by atoms with Crippen LogP contribution in [0.15, 0.2) is 54.6 Å². The maximum Gasteiger partial charge on any atom is 0.410 e. The summed E-state index contributed by atoms with van der Waals surface area (Å²) in [5.41, 5.74) is 3.70. The quantitative estimate of drug-likeness (QED) is 0.785. The molecule has 3 fully saturated rings. The van der Waals surface area contributed by atoms with Crippen LogP contribution in [-0.4, -0.2) is 47.7 Å². The van der Waals surface area contributed by atoms with Crippen LogP contribution in [0.25, 0.3) is 0 Å². The zero-order valence-corrected chi connectivity index (χ0v) is 16.5. The summed E-state index contributed by atoms with van der Waals surface area (Å²) in [5.74, 6) is 0.510. The van der Waals surface area contributed by atoms with E-state index >= 15 is 0 Å². The highest BCUT2D eigenvalue weighted by molar-refractivity contribution is 5.70. The van der Waals surface area contributed by atoms with Gasteiger partial charge in [-0.2, -0.15) is 0 Å². The van der Waals surface area contributed by atoms with E-state index < -0.39 is 0 Å². The number of piperidine rings is 3. The van der Waals surface area contributed by atoms with Crippen molar-refractivity contribution in [3.8, 4) is 0 Å². The number of hydrogen-bond donors (Lipinski definition) is 0. The Morgan fingerprint density at radius 3 is 2.43 bits per heavy atom. The molecule has 4 heteroatoms. The van der Waals surface area contributed by atoms with Gasteiger partial charge in [-0.15, -0.1) is 0 Å². The van der Waals surface area contributed by atoms with Crippen molar-refractivity contribution in [2.75, 3.05) is 19.6 Å². The lowest BCUT2D eigenvalue weighted by Gasteiger charge is -2.49. The Morgan fingerprint density at radius 1 is 0.964 bits per heavy atom. The first kappa shape index (κ1) is 17.7. The largest absolute Gasteiger partial charge is 0.444 e. The maximum atomic E-state index is 13.4. The minimum Gasteiger partial charge on any atom is -0.444 e. The van der Waals surface area contributed by atoms with Crippen LogP contribution >= 0.6 is 0 Å². The number of benzene rings is 2. The maximum absolute atomic E-state index is 13.4. The topological polar surface area (TPSA) is 32.8 Å². The molecule has 4 aliphatic rings. The third-order valence-corrected chi connectivity index (χ3v) is 6.96. The average molecular weight is 377 g/mol. The SMILES string of the molecule is CC1C(OC(=O)N2CCc3ccccc3[C@@H]2c2ccccc2)C2CCN1CC2. The Bertz CT molecular complexity index is 843. The van der Waals surface area contributed by atoms with Crippen LogP contribution in [0.3, 0.4) is 0 Å². The molecule has 0 N–H and O–H groups in total. The van der Waals surface area contributed by atoms with Gasteiger partial charge in [0.15, 0.2) is 0 Å². The Balaban J connectivity index is 1.44. The minimum atomic E-state index is -0.158. The average Bonchev–Trinajstić information content (AvgIpc) is 2.76. The summed E-state index contributed by atoms with van der Waals surface area (Å²) in [6.07, 6.45) is 3.03. The molecule has 2 bridgehead atoms. The van der Waals surface area contributed by atoms with Gasteiger partial charge in [-0.05, 0) is 61.9 Å². The predicted octanol–water partition coefficient (Wildman–Crippen LogP) is 4.25. The highest BCUT2D eigenvalue weighted by Crippen LogP contribution is 2.38. The van der Waals surface area contributed by atoms with Crippen molar-refractivity contribution in [1.29, 1.82) is 0 Å². The Hall–Kier alpha value is -2.33. The van der Waals surface area contributed by atoms with E-state index in [4.69, 9.17) is 4.74 Å². The van der Waals surface area contributed by atoms with Crippen LogP contribution in [0.1, 0.15) is 42.5 Å². The van der Waals surface area contributed by atoms with Crippen molar-refractivity contribution < 1.29 is 9.53 Å². The molecule has 0 aromatic heterocycles. The van der Waals surface area contributed by atoms with Crippen LogP contribution in [0.2, 0.25) is 0 Å². The zero-order valence-electron chi connectivity index (χ0n) is 16.5. The summed E-state index contributed by atoms with van der Waals surface area (Å²) >= 11 is 0. The molecule has 2 unspecified atom stereocenters. The van der Waals surface area contributed by atoms with Crippen LogP contribution in [-0.2, 0) is 11.2 Å². The van der Waals surface area contributed by atoms with Gasteiger partial charge in [0.1, 0.15) is 6.10 Å². The third kappa shape index (κ3) is 3.00. The highest BCUT2D eigenvalue weighted by Gasteiger charge is 2.43. The molecule has 1 amide bonds. The second-order valence-corrected chi connectivity index (χ2v) is 8.42. The third-order valence-electron chi connectivity index (χ3n) is 6.96. The second-order valence-electron chi connectivity index (χ2n) is 8.42. The summed E-state index contributed by atoms with van der Waals surface area (Å²) in [6, 6.07) is 19.1. The van der Waals surface area contributed by atoms with Crippen molar-refractivity contribution in [3.05, 3.63) is 71.3 Å². The van der Waals surface area contributed by atoms with Gasteiger partial charge in [-0.3, -0.25) is 9.80 Å². The minimum absolute atomic E-state index is 0.0172. The fraction of sp³-hybridized carbons (Fsp3) is 0.458. The van der Waals surface area contributed by atoms with E-state index in [1.807, 2.05) is 23.1 Å². The molecular formula is C24H28N2O2. The molecule has 3 atom stereocenters. The molecule has 0 spiro atoms. The summed E-state index contributed by atoms with van der Waals surface area (Å²) in [5, 5.41) is 0. The summed E-state index contributed by atoms with van der Waals surface area (Å²) in [4.78, 5) is 17.8. The number of carbonyl (C=O) groups excluding carboxylic acids is 1. The number of ether oxygens (including phenoxy) is 1. The van der Waals surface area contributed by atoms with E-state index in [9.17, 15) is 4.79 Å². The summed E-state index contributed by atoms with van der Waals surface area (Å²) < 4.78 is 6.19. The summed E-state index contributed by atoms with van der Waals surface area (Å²) in [7, 11) is 0. The first-order chi connectivity index (χ1) is 13.7. The van der Waals surface area contributed by atoms with Crippen molar-refractivity contribution in [3.63, 3.8) is 0 Å². The van der Waals surface area contributed by atoms with E-state index in [1.54, 1.807) is 0 Å². The van der Waals surface area contributed by atoms with Gasteiger partial charge in [-0.25, -0.2) is 4.79 Å². The second kappa shape index (κ2) is 7.25. The number of amides is 1. The highest BCUT2D eigenvalue weighted by atomic mass is 16.6. The molecule has 0 aliphatic carbocycles. The Morgan fingerprint density at radius 2 is 1.68 bits per heavy atom. The summed E-state index contributed by atoms with van der Waals surface area (Å²) in [6.45, 7) is 5.20. The van der Waals surface area contributed by atoms with E-state index in [0.717, 1.165) is 37.9 Å². The van der Waals surface area contributed by atoms with E-state index in [1.165, 1.54) is 11.1 Å². The number of rotatable bonds is 2. The monoisotopic (exact) mass is 376 g/mol. The standard InChI is InChI=1S/C24H28N2O2/c1-17-23(20-11-14-25(17)15-12-20)28-24(27)26-16-13-18-7-5-6-10-21(18)22(26)19-8-3-2-4-9-19/h2-10,17,20,22-23H,11-16H2,1H3/t17?,22-,23?/m0/s1. The van der Waals surface area contributed by atoms with Gasteiger partial charge in [-0.1, -0.05) is 54.6 Å². The fourth-order valence-electron chi connectivity index (χ4n) is 5.39. The fourth-order valence-corrected chi connectivity index (χ4v) is 5.39. The van der Waals surface area contributed by atoms with Crippen molar-refractivity contribution in [1.82, 2.24) is 9.80 Å². The van der Waals surface area contributed by atoms with Crippen LogP contribution in [0, 0.1) is 5.92 Å². The van der Waals surface area contributed by atoms with Crippen LogP contribution < -0.4 is 0 Å². The van der Waals surface area contributed by atoms with E-state index in [-0.39, 0.29) is 18.2 Å². The number of nitrogens with zero attached hydrogens (tertiary/aromatic N) is 2. The Labute approximate surface area is 167 Å². The normalized spacial score (nSPS) is 31.3. The molecule has 2 aromatic carbocycles. The molecule has 4 heterocycles. The van der Waals surface area contributed by atoms with Gasteiger partial charge in [0.25, 0.3) is 0 Å². The van der Waals surface area contributed by atoms with Crippen molar-refractivity contribution in [2.45, 2.75) is 44.4 Å². The van der Waals surface area contributed by atoms with E-state index in [0.29, 0.717) is 18.5 Å². The lowest BCUT2D eigenvalue weighted by atomic mass is 9.81. The van der Waals surface area contributed by atoms with Crippen molar-refractivity contribution >= 4 is 6.09 Å². The van der Waals surface area contributed by atoms with Gasteiger partial charge >= 0.3 is 6.09 Å². The predicted molar refractivity (Wildman–Crippen MR) is 109 cm³/mol. The van der Waals surface area contributed by atoms with Gasteiger partial charge < -0.3 is 4.74 Å². The van der Waals surface area contributed by atoms with Crippen LogP contribution in [0.5, 0.6) is 0 Å². The number of fused-ring (bicyclic) bond motifs is 4. The molecule has 28 heavy (non-hydrogen) atoms. The molecule has 0 saturated carbocycles. The van der Waals surface area contributed by atoms with Gasteiger partial charge in [0.2, 0.25) is 0 Å². The van der Waals surface area contributed by atoms with Crippen LogP contribution in [0.4, 0.5) is 4.79 Å². The smallest absolute Gasteiger partial charge is 0.410 e. The molecular weight excluding hydrogens is 348 g/mol. The molecule has 6 rings (SSSR count). The number of carbonyl (C=O) groups is 1. The first-order valence-corrected chi connectivity index (χ1v) is 10.6. The van der Waals surface area contributed by atoms with Gasteiger partial charge in [0, 0.05) is 12.6 Å². The Kier molecular flexibility index (Phi) is 4.59. The van der Waals surface area contributed by atoms with E-state index in [2.05, 4.69) is 48.2 Å². The first-order valence-electron chi connectivity index (χ1n) is 10.6. The molecule has 3 saturated heterocycles. The molecule has 4 aliphatic heterocycles. The lowest BCUT2D eigenvalue weighted by molar-refractivity contribution is -0.0803. The molecule has 146 valence electrons. The molecule has 2 aromatic rings. The molecule has 0 radical (unpaired) electrons. The number of hydrogen-bond acceptors (Lipinski definition) is 3. The lowest BCUT2D eigenvalue weighted by Crippen LogP contribution is -2.58. The van der Waals surface area contributed by atoms with Gasteiger partial charge in [0.05, 0.1) is 6.04 Å². The zero-order chi connectivity index (χ0) is 19.1. The molecule has 4 nitrogen and oxygen atoms in total.